The van der Waals surface area contributed by atoms with E-state index in [0.29, 0.717) is 6.54 Å². The number of nitrogens with two attached hydrogens (primary N) is 1. The second-order valence-corrected chi connectivity index (χ2v) is 6.45. The molecule has 110 valence electrons. The molecule has 0 spiro atoms. The Morgan fingerprint density at radius 2 is 2.14 bits per heavy atom. The summed E-state index contributed by atoms with van der Waals surface area (Å²) in [6.07, 6.45) is 5.03. The van der Waals surface area contributed by atoms with Crippen molar-refractivity contribution in [3.05, 3.63) is 39.8 Å². The van der Waals surface area contributed by atoms with Gasteiger partial charge in [0.1, 0.15) is 5.01 Å². The molecule has 3 aromatic rings. The highest BCUT2D eigenvalue weighted by Crippen LogP contribution is 2.25. The van der Waals surface area contributed by atoms with Gasteiger partial charge in [-0.15, -0.1) is 16.4 Å². The molecule has 0 radical (unpaired) electrons. The normalized spacial score (nSPS) is 11.1. The monoisotopic (exact) mass is 319 g/mol. The van der Waals surface area contributed by atoms with Gasteiger partial charge in [0.05, 0.1) is 17.9 Å². The van der Waals surface area contributed by atoms with E-state index in [1.54, 1.807) is 22.7 Å². The quantitative estimate of drug-likeness (QED) is 0.680. The van der Waals surface area contributed by atoms with E-state index >= 15 is 0 Å². The number of aryl methyl sites for hydroxylation is 1. The van der Waals surface area contributed by atoms with Crippen LogP contribution in [-0.2, 0) is 13.0 Å². The number of hydrogen-bond acceptors (Lipinski definition) is 6. The molecular weight excluding hydrogens is 302 g/mol. The van der Waals surface area contributed by atoms with Crippen LogP contribution in [0.4, 0.5) is 0 Å². The summed E-state index contributed by atoms with van der Waals surface area (Å²) in [5.74, 6) is 0. The van der Waals surface area contributed by atoms with Gasteiger partial charge in [-0.1, -0.05) is 5.21 Å². The van der Waals surface area contributed by atoms with Gasteiger partial charge in [-0.3, -0.25) is 0 Å². The lowest BCUT2D eigenvalue weighted by Gasteiger charge is -1.96. The first kappa shape index (κ1) is 14.4. The summed E-state index contributed by atoms with van der Waals surface area (Å²) < 4.78 is 1.85. The van der Waals surface area contributed by atoms with Crippen molar-refractivity contribution < 1.29 is 0 Å². The molecule has 0 fully saturated rings. The van der Waals surface area contributed by atoms with Gasteiger partial charge in [-0.2, -0.15) is 11.3 Å². The molecule has 0 saturated carbocycles. The summed E-state index contributed by atoms with van der Waals surface area (Å²) in [5.41, 5.74) is 8.74. The molecule has 0 aliphatic carbocycles. The Labute approximate surface area is 131 Å². The Kier molecular flexibility index (Phi) is 4.74. The molecule has 21 heavy (non-hydrogen) atoms. The van der Waals surface area contributed by atoms with Gasteiger partial charge in [-0.25, -0.2) is 9.67 Å². The maximum Gasteiger partial charge on any atom is 0.124 e. The molecule has 0 unspecified atom stereocenters. The number of thiophene rings is 1. The second-order valence-electron chi connectivity index (χ2n) is 4.81. The smallest absolute Gasteiger partial charge is 0.124 e. The zero-order chi connectivity index (χ0) is 14.5. The van der Waals surface area contributed by atoms with Crippen LogP contribution in [0.1, 0.15) is 24.2 Å². The van der Waals surface area contributed by atoms with E-state index in [1.807, 2.05) is 10.9 Å². The Bertz CT molecular complexity index is 671. The SMILES string of the molecule is NCCCCc1cn(Cc2csc(-c3ccsc3)n2)nn1. The summed E-state index contributed by atoms with van der Waals surface area (Å²) in [5, 5.41) is 15.7. The van der Waals surface area contributed by atoms with Gasteiger partial charge in [0.25, 0.3) is 0 Å². The predicted octanol–water partition coefficient (Wildman–Crippen LogP) is 2.79. The van der Waals surface area contributed by atoms with E-state index in [0.717, 1.165) is 42.2 Å². The van der Waals surface area contributed by atoms with Gasteiger partial charge in [0, 0.05) is 22.5 Å². The Morgan fingerprint density at radius 1 is 1.19 bits per heavy atom. The predicted molar refractivity (Wildman–Crippen MR) is 86.5 cm³/mol. The second kappa shape index (κ2) is 6.93. The van der Waals surface area contributed by atoms with Gasteiger partial charge in [-0.05, 0) is 37.3 Å². The van der Waals surface area contributed by atoms with Crippen molar-refractivity contribution in [2.24, 2.45) is 5.73 Å². The third kappa shape index (κ3) is 3.75. The van der Waals surface area contributed by atoms with Crippen LogP contribution in [0.2, 0.25) is 0 Å². The highest BCUT2D eigenvalue weighted by molar-refractivity contribution is 7.14. The van der Waals surface area contributed by atoms with E-state index in [9.17, 15) is 0 Å². The van der Waals surface area contributed by atoms with Crippen LogP contribution in [0.3, 0.4) is 0 Å². The van der Waals surface area contributed by atoms with Crippen molar-refractivity contribution in [2.75, 3.05) is 6.54 Å². The van der Waals surface area contributed by atoms with Gasteiger partial charge < -0.3 is 5.73 Å². The van der Waals surface area contributed by atoms with Crippen molar-refractivity contribution in [1.82, 2.24) is 20.0 Å². The topological polar surface area (TPSA) is 69.6 Å². The van der Waals surface area contributed by atoms with E-state index in [-0.39, 0.29) is 0 Å². The fraction of sp³-hybridized carbons (Fsp3) is 0.357. The van der Waals surface area contributed by atoms with Crippen LogP contribution in [0, 0.1) is 0 Å². The third-order valence-electron chi connectivity index (χ3n) is 3.12. The molecule has 0 aliphatic rings. The van der Waals surface area contributed by atoms with E-state index < -0.39 is 0 Å². The van der Waals surface area contributed by atoms with Crippen molar-refractivity contribution in [1.29, 1.82) is 0 Å². The number of hydrogen-bond donors (Lipinski definition) is 1. The summed E-state index contributed by atoms with van der Waals surface area (Å²) in [7, 11) is 0. The van der Waals surface area contributed by atoms with Crippen LogP contribution in [0.25, 0.3) is 10.6 Å². The van der Waals surface area contributed by atoms with Gasteiger partial charge in [0.2, 0.25) is 0 Å². The van der Waals surface area contributed by atoms with E-state index in [2.05, 4.69) is 37.5 Å². The highest BCUT2D eigenvalue weighted by atomic mass is 32.1. The first-order valence-electron chi connectivity index (χ1n) is 6.91. The number of aromatic nitrogens is 4. The summed E-state index contributed by atoms with van der Waals surface area (Å²) in [4.78, 5) is 4.65. The van der Waals surface area contributed by atoms with Crippen LogP contribution in [0.5, 0.6) is 0 Å². The largest absolute Gasteiger partial charge is 0.330 e. The lowest BCUT2D eigenvalue weighted by Crippen LogP contribution is -2.00. The maximum absolute atomic E-state index is 5.49. The van der Waals surface area contributed by atoms with Crippen LogP contribution < -0.4 is 5.73 Å². The lowest BCUT2D eigenvalue weighted by atomic mass is 10.2. The zero-order valence-electron chi connectivity index (χ0n) is 11.6. The first-order valence-corrected chi connectivity index (χ1v) is 8.73. The maximum atomic E-state index is 5.49. The van der Waals surface area contributed by atoms with Crippen molar-refractivity contribution >= 4 is 22.7 Å². The Hall–Kier alpha value is -1.57. The van der Waals surface area contributed by atoms with Crippen LogP contribution in [-0.4, -0.2) is 26.5 Å². The molecule has 0 saturated heterocycles. The molecule has 0 bridgehead atoms. The molecule has 0 aromatic carbocycles. The average Bonchev–Trinajstić information content (AvgIpc) is 3.20. The van der Waals surface area contributed by atoms with Crippen molar-refractivity contribution in [3.63, 3.8) is 0 Å². The Balaban J connectivity index is 1.61. The fourth-order valence-electron chi connectivity index (χ4n) is 2.05. The minimum absolute atomic E-state index is 0.671. The average molecular weight is 319 g/mol. The fourth-order valence-corrected chi connectivity index (χ4v) is 3.57. The zero-order valence-corrected chi connectivity index (χ0v) is 13.2. The number of thiazole rings is 1. The van der Waals surface area contributed by atoms with Crippen molar-refractivity contribution in [2.45, 2.75) is 25.8 Å². The number of rotatable bonds is 7. The number of unbranched alkanes of at least 4 members (excludes halogenated alkanes) is 1. The molecular formula is C14H17N5S2. The minimum Gasteiger partial charge on any atom is -0.330 e. The molecule has 3 heterocycles. The van der Waals surface area contributed by atoms with Crippen LogP contribution in [0.15, 0.2) is 28.4 Å². The molecule has 0 amide bonds. The standard InChI is InChI=1S/C14H17N5S2/c15-5-2-1-3-12-7-19(18-17-12)8-13-10-21-14(16-13)11-4-6-20-9-11/h4,6-7,9-10H,1-3,5,8,15H2. The molecule has 5 nitrogen and oxygen atoms in total. The summed E-state index contributed by atoms with van der Waals surface area (Å²) in [6.45, 7) is 1.41. The number of nitrogens with zero attached hydrogens (tertiary/aromatic N) is 4. The first-order chi connectivity index (χ1) is 10.3. The van der Waals surface area contributed by atoms with E-state index in [1.165, 1.54) is 5.56 Å². The van der Waals surface area contributed by atoms with E-state index in [4.69, 9.17) is 5.73 Å². The Morgan fingerprint density at radius 3 is 2.95 bits per heavy atom. The molecule has 2 N–H and O–H groups in total. The van der Waals surface area contributed by atoms with Crippen molar-refractivity contribution in [3.8, 4) is 10.6 Å². The molecule has 7 heteroatoms. The molecule has 3 rings (SSSR count). The summed E-state index contributed by atoms with van der Waals surface area (Å²) >= 11 is 3.36. The van der Waals surface area contributed by atoms with Crippen LogP contribution >= 0.6 is 22.7 Å². The minimum atomic E-state index is 0.671. The summed E-state index contributed by atoms with van der Waals surface area (Å²) in [6, 6.07) is 2.10. The van der Waals surface area contributed by atoms with Gasteiger partial charge >= 0.3 is 0 Å². The molecule has 0 atom stereocenters. The molecule has 0 aliphatic heterocycles. The molecule has 3 aromatic heterocycles. The lowest BCUT2D eigenvalue weighted by molar-refractivity contribution is 0.640. The third-order valence-corrected chi connectivity index (χ3v) is 4.74. The van der Waals surface area contributed by atoms with Gasteiger partial charge in [0.15, 0.2) is 0 Å². The highest BCUT2D eigenvalue weighted by Gasteiger charge is 2.07.